The average Bonchev–Trinajstić information content (AvgIpc) is 2.37. The van der Waals surface area contributed by atoms with E-state index in [4.69, 9.17) is 4.74 Å². The van der Waals surface area contributed by atoms with Crippen molar-refractivity contribution >= 4 is 5.91 Å². The third-order valence-electron chi connectivity index (χ3n) is 2.87. The number of nitrogens with one attached hydrogen (secondary N) is 1. The minimum Gasteiger partial charge on any atom is -0.494 e. The molecule has 0 aliphatic heterocycles. The summed E-state index contributed by atoms with van der Waals surface area (Å²) < 4.78 is 5.40. The van der Waals surface area contributed by atoms with Gasteiger partial charge in [-0.2, -0.15) is 0 Å². The SMILES string of the molecule is CCOc1ccc(C(CC)CC(=O)NC)cc1. The quantitative estimate of drug-likeness (QED) is 0.823. The lowest BCUT2D eigenvalue weighted by Gasteiger charge is -2.14. The maximum atomic E-state index is 11.4. The molecule has 1 N–H and O–H groups in total. The second-order valence-corrected chi connectivity index (χ2v) is 3.98. The molecule has 0 saturated heterocycles. The van der Waals surface area contributed by atoms with Crippen LogP contribution < -0.4 is 10.1 Å². The predicted octanol–water partition coefficient (Wildman–Crippen LogP) is 2.72. The van der Waals surface area contributed by atoms with Crippen LogP contribution in [0.25, 0.3) is 0 Å². The molecule has 0 aliphatic rings. The van der Waals surface area contributed by atoms with Crippen molar-refractivity contribution in [2.24, 2.45) is 0 Å². The van der Waals surface area contributed by atoms with Crippen molar-refractivity contribution in [3.63, 3.8) is 0 Å². The van der Waals surface area contributed by atoms with Crippen LogP contribution in [0.4, 0.5) is 0 Å². The molecule has 0 fully saturated rings. The molecule has 0 radical (unpaired) electrons. The van der Waals surface area contributed by atoms with Crippen molar-refractivity contribution in [3.8, 4) is 5.75 Å². The first kappa shape index (κ1) is 13.6. The molecule has 0 saturated carbocycles. The van der Waals surface area contributed by atoms with Gasteiger partial charge in [-0.3, -0.25) is 4.79 Å². The third-order valence-corrected chi connectivity index (χ3v) is 2.87. The van der Waals surface area contributed by atoms with E-state index in [0.717, 1.165) is 12.2 Å². The zero-order valence-electron chi connectivity index (χ0n) is 10.8. The van der Waals surface area contributed by atoms with Crippen LogP contribution in [0.2, 0.25) is 0 Å². The molecule has 0 heterocycles. The van der Waals surface area contributed by atoms with Gasteiger partial charge in [-0.25, -0.2) is 0 Å². The zero-order valence-corrected chi connectivity index (χ0v) is 10.8. The smallest absolute Gasteiger partial charge is 0.220 e. The van der Waals surface area contributed by atoms with E-state index >= 15 is 0 Å². The van der Waals surface area contributed by atoms with Gasteiger partial charge in [0.25, 0.3) is 0 Å². The van der Waals surface area contributed by atoms with E-state index in [1.807, 2.05) is 31.2 Å². The van der Waals surface area contributed by atoms with E-state index < -0.39 is 0 Å². The standard InChI is InChI=1S/C14H21NO2/c1-4-11(10-14(16)15-3)12-6-8-13(9-7-12)17-5-2/h6-9,11H,4-5,10H2,1-3H3,(H,15,16). The van der Waals surface area contributed by atoms with Crippen molar-refractivity contribution in [1.29, 1.82) is 0 Å². The Bertz CT molecular complexity index is 346. The van der Waals surface area contributed by atoms with Crippen molar-refractivity contribution in [2.75, 3.05) is 13.7 Å². The van der Waals surface area contributed by atoms with Gasteiger partial charge in [-0.15, -0.1) is 0 Å². The number of carbonyl (C=O) groups excluding carboxylic acids is 1. The number of benzene rings is 1. The largest absolute Gasteiger partial charge is 0.494 e. The Labute approximate surface area is 103 Å². The fourth-order valence-electron chi connectivity index (χ4n) is 1.83. The fourth-order valence-corrected chi connectivity index (χ4v) is 1.83. The number of ether oxygens (including phenoxy) is 1. The number of carbonyl (C=O) groups is 1. The van der Waals surface area contributed by atoms with E-state index in [-0.39, 0.29) is 11.8 Å². The maximum Gasteiger partial charge on any atom is 0.220 e. The molecule has 3 heteroatoms. The topological polar surface area (TPSA) is 38.3 Å². The Hall–Kier alpha value is -1.51. The van der Waals surface area contributed by atoms with Crippen LogP contribution in [0.15, 0.2) is 24.3 Å². The van der Waals surface area contributed by atoms with Crippen LogP contribution in [-0.4, -0.2) is 19.6 Å². The molecule has 1 unspecified atom stereocenters. The highest BCUT2D eigenvalue weighted by molar-refractivity contribution is 5.76. The molecule has 1 amide bonds. The monoisotopic (exact) mass is 235 g/mol. The van der Waals surface area contributed by atoms with Crippen molar-refractivity contribution in [2.45, 2.75) is 32.6 Å². The van der Waals surface area contributed by atoms with Gasteiger partial charge in [0.05, 0.1) is 6.61 Å². The molecular weight excluding hydrogens is 214 g/mol. The van der Waals surface area contributed by atoms with Crippen molar-refractivity contribution in [3.05, 3.63) is 29.8 Å². The molecule has 1 aromatic rings. The number of hydrogen-bond donors (Lipinski definition) is 1. The molecule has 0 spiro atoms. The molecule has 1 aromatic carbocycles. The van der Waals surface area contributed by atoms with Crippen LogP contribution in [-0.2, 0) is 4.79 Å². The highest BCUT2D eigenvalue weighted by Gasteiger charge is 2.13. The summed E-state index contributed by atoms with van der Waals surface area (Å²) in [6.07, 6.45) is 1.50. The van der Waals surface area contributed by atoms with Crippen LogP contribution >= 0.6 is 0 Å². The van der Waals surface area contributed by atoms with E-state index in [9.17, 15) is 4.79 Å². The fraction of sp³-hybridized carbons (Fsp3) is 0.500. The molecule has 3 nitrogen and oxygen atoms in total. The number of amides is 1. The summed E-state index contributed by atoms with van der Waals surface area (Å²) in [7, 11) is 1.67. The van der Waals surface area contributed by atoms with Gasteiger partial charge >= 0.3 is 0 Å². The van der Waals surface area contributed by atoms with Gasteiger partial charge in [0.15, 0.2) is 0 Å². The Morgan fingerprint density at radius 3 is 2.41 bits per heavy atom. The minimum atomic E-state index is 0.0886. The second kappa shape index (κ2) is 6.94. The Morgan fingerprint density at radius 1 is 1.29 bits per heavy atom. The summed E-state index contributed by atoms with van der Waals surface area (Å²) in [5.74, 6) is 1.25. The van der Waals surface area contributed by atoms with E-state index in [1.54, 1.807) is 7.05 Å². The van der Waals surface area contributed by atoms with Gasteiger partial charge in [0, 0.05) is 13.5 Å². The number of hydrogen-bond acceptors (Lipinski definition) is 2. The van der Waals surface area contributed by atoms with E-state index in [2.05, 4.69) is 12.2 Å². The lowest BCUT2D eigenvalue weighted by molar-refractivity contribution is -0.121. The first-order chi connectivity index (χ1) is 8.21. The van der Waals surface area contributed by atoms with Gasteiger partial charge in [0.1, 0.15) is 5.75 Å². The molecule has 0 bridgehead atoms. The summed E-state index contributed by atoms with van der Waals surface area (Å²) in [5, 5.41) is 2.67. The molecule has 17 heavy (non-hydrogen) atoms. The molecule has 1 rings (SSSR count). The van der Waals surface area contributed by atoms with E-state index in [0.29, 0.717) is 13.0 Å². The summed E-state index contributed by atoms with van der Waals surface area (Å²) in [6.45, 7) is 4.74. The zero-order chi connectivity index (χ0) is 12.7. The van der Waals surface area contributed by atoms with Crippen molar-refractivity contribution in [1.82, 2.24) is 5.32 Å². The Balaban J connectivity index is 2.71. The molecule has 0 aromatic heterocycles. The molecule has 1 atom stereocenters. The van der Waals surface area contributed by atoms with Gasteiger partial charge in [-0.1, -0.05) is 19.1 Å². The summed E-state index contributed by atoms with van der Waals surface area (Å²) in [4.78, 5) is 11.4. The normalized spacial score (nSPS) is 11.9. The van der Waals surface area contributed by atoms with Crippen LogP contribution in [0.5, 0.6) is 5.75 Å². The summed E-state index contributed by atoms with van der Waals surface area (Å²) in [5.41, 5.74) is 1.19. The second-order valence-electron chi connectivity index (χ2n) is 3.98. The van der Waals surface area contributed by atoms with E-state index in [1.165, 1.54) is 5.56 Å². The molecular formula is C14H21NO2. The van der Waals surface area contributed by atoms with Gasteiger partial charge in [0.2, 0.25) is 5.91 Å². The third kappa shape index (κ3) is 4.10. The molecule has 0 aliphatic carbocycles. The Kier molecular flexibility index (Phi) is 5.53. The lowest BCUT2D eigenvalue weighted by Crippen LogP contribution is -2.20. The van der Waals surface area contributed by atoms with Gasteiger partial charge < -0.3 is 10.1 Å². The Morgan fingerprint density at radius 2 is 1.94 bits per heavy atom. The first-order valence-electron chi connectivity index (χ1n) is 6.14. The summed E-state index contributed by atoms with van der Waals surface area (Å²) in [6, 6.07) is 8.01. The lowest BCUT2D eigenvalue weighted by atomic mass is 9.93. The van der Waals surface area contributed by atoms with Crippen molar-refractivity contribution < 1.29 is 9.53 Å². The highest BCUT2D eigenvalue weighted by atomic mass is 16.5. The van der Waals surface area contributed by atoms with Crippen LogP contribution in [0.1, 0.15) is 38.2 Å². The summed E-state index contributed by atoms with van der Waals surface area (Å²) >= 11 is 0. The number of rotatable bonds is 6. The molecule has 94 valence electrons. The maximum absolute atomic E-state index is 11.4. The first-order valence-corrected chi connectivity index (χ1v) is 6.14. The highest BCUT2D eigenvalue weighted by Crippen LogP contribution is 2.25. The minimum absolute atomic E-state index is 0.0886. The predicted molar refractivity (Wildman–Crippen MR) is 69.3 cm³/mol. The van der Waals surface area contributed by atoms with Gasteiger partial charge in [-0.05, 0) is 37.0 Å². The average molecular weight is 235 g/mol. The van der Waals surface area contributed by atoms with Crippen LogP contribution in [0, 0.1) is 0 Å². The van der Waals surface area contributed by atoms with Crippen LogP contribution in [0.3, 0.4) is 0 Å².